The Balaban J connectivity index is 3.78. The fourth-order valence-corrected chi connectivity index (χ4v) is 1.04. The fourth-order valence-electron chi connectivity index (χ4n) is 1.04. The summed E-state index contributed by atoms with van der Waals surface area (Å²) in [4.78, 5) is 10.2. The molecule has 0 amide bonds. The van der Waals surface area contributed by atoms with Gasteiger partial charge in [-0.3, -0.25) is 0 Å². The van der Waals surface area contributed by atoms with Crippen LogP contribution in [0, 0.1) is 4.91 Å². The molecule has 0 aromatic carbocycles. The Hall–Kier alpha value is -0.480. The van der Waals surface area contributed by atoms with Crippen LogP contribution < -0.4 is 11.5 Å². The minimum absolute atomic E-state index is 0.0424. The van der Waals surface area contributed by atoms with E-state index in [4.69, 9.17) is 11.5 Å². The van der Waals surface area contributed by atoms with E-state index in [0.717, 1.165) is 0 Å². The highest BCUT2D eigenvalue weighted by Gasteiger charge is 2.17. The summed E-state index contributed by atoms with van der Waals surface area (Å²) in [5, 5.41) is 2.93. The van der Waals surface area contributed by atoms with Gasteiger partial charge in [-0.2, -0.15) is 4.91 Å². The van der Waals surface area contributed by atoms with Gasteiger partial charge >= 0.3 is 0 Å². The molecule has 11 heavy (non-hydrogen) atoms. The minimum Gasteiger partial charge on any atom is -0.328 e. The average Bonchev–Trinajstić information content (AvgIpc) is 1.88. The zero-order valence-electron chi connectivity index (χ0n) is 7.16. The first-order chi connectivity index (χ1) is 5.11. The molecular weight excluding hydrogens is 142 g/mol. The maximum Gasteiger partial charge on any atom is 0.107 e. The van der Waals surface area contributed by atoms with E-state index in [1.807, 2.05) is 13.8 Å². The first-order valence-electron chi connectivity index (χ1n) is 3.95. The average molecular weight is 159 g/mol. The van der Waals surface area contributed by atoms with Crippen LogP contribution in [-0.4, -0.2) is 18.1 Å². The van der Waals surface area contributed by atoms with E-state index in [9.17, 15) is 4.91 Å². The molecule has 0 saturated carbocycles. The van der Waals surface area contributed by atoms with E-state index in [-0.39, 0.29) is 18.1 Å². The van der Waals surface area contributed by atoms with Gasteiger partial charge < -0.3 is 11.5 Å². The normalized spacial score (nSPS) is 18.9. The van der Waals surface area contributed by atoms with Crippen LogP contribution in [0.15, 0.2) is 5.18 Å². The molecule has 0 aromatic rings. The Morgan fingerprint density at radius 3 is 2.27 bits per heavy atom. The predicted molar refractivity (Wildman–Crippen MR) is 46.1 cm³/mol. The van der Waals surface area contributed by atoms with E-state index in [0.29, 0.717) is 12.8 Å². The molecule has 0 aliphatic rings. The third kappa shape index (κ3) is 4.06. The maximum absolute atomic E-state index is 10.2. The molecule has 4 nitrogen and oxygen atoms in total. The molecule has 0 fully saturated rings. The number of hydrogen-bond acceptors (Lipinski definition) is 4. The van der Waals surface area contributed by atoms with Crippen molar-refractivity contribution in [2.45, 2.75) is 44.8 Å². The van der Waals surface area contributed by atoms with Crippen LogP contribution in [0.5, 0.6) is 0 Å². The molecule has 0 spiro atoms. The van der Waals surface area contributed by atoms with Crippen molar-refractivity contribution >= 4 is 0 Å². The van der Waals surface area contributed by atoms with Crippen LogP contribution in [0.25, 0.3) is 0 Å². The van der Waals surface area contributed by atoms with Gasteiger partial charge in [-0.25, -0.2) is 0 Å². The van der Waals surface area contributed by atoms with E-state index in [1.165, 1.54) is 0 Å². The molecule has 0 aromatic heterocycles. The molecule has 0 rings (SSSR count). The maximum atomic E-state index is 10.2. The molecule has 0 radical (unpaired) electrons. The molecule has 0 unspecified atom stereocenters. The van der Waals surface area contributed by atoms with Gasteiger partial charge in [0.1, 0.15) is 6.04 Å². The van der Waals surface area contributed by atoms with Crippen molar-refractivity contribution in [2.24, 2.45) is 16.6 Å². The first-order valence-corrected chi connectivity index (χ1v) is 3.95. The summed E-state index contributed by atoms with van der Waals surface area (Å²) in [5.74, 6) is 0. The highest BCUT2D eigenvalue weighted by Crippen LogP contribution is 2.06. The van der Waals surface area contributed by atoms with Crippen molar-refractivity contribution in [1.82, 2.24) is 0 Å². The highest BCUT2D eigenvalue weighted by molar-refractivity contribution is 4.79. The predicted octanol–water partition coefficient (Wildman–Crippen LogP) is 0.596. The molecular formula is C7H17N3O. The van der Waals surface area contributed by atoms with Crippen molar-refractivity contribution in [3.63, 3.8) is 0 Å². The Morgan fingerprint density at radius 1 is 1.45 bits per heavy atom. The quantitative estimate of drug-likeness (QED) is 0.576. The second-order valence-corrected chi connectivity index (χ2v) is 2.96. The SMILES string of the molecule is CC[C@H](N=O)[C@H](N)C[C@H](C)N. The number of nitrogens with zero attached hydrogens (tertiary/aromatic N) is 1. The standard InChI is InChI=1S/C7H17N3O/c1-3-7(10-11)6(9)4-5(2)8/h5-7H,3-4,8-9H2,1-2H3/t5-,6+,7-/m0/s1. The summed E-state index contributed by atoms with van der Waals surface area (Å²) in [5.41, 5.74) is 11.2. The number of rotatable bonds is 5. The third-order valence-electron chi connectivity index (χ3n) is 1.69. The van der Waals surface area contributed by atoms with Gasteiger partial charge in [0.15, 0.2) is 0 Å². The van der Waals surface area contributed by atoms with E-state index in [1.54, 1.807) is 0 Å². The van der Waals surface area contributed by atoms with Gasteiger partial charge in [0.2, 0.25) is 0 Å². The molecule has 0 aliphatic heterocycles. The summed E-state index contributed by atoms with van der Waals surface area (Å²) in [6.07, 6.45) is 1.35. The smallest absolute Gasteiger partial charge is 0.107 e. The summed E-state index contributed by atoms with van der Waals surface area (Å²) in [7, 11) is 0. The van der Waals surface area contributed by atoms with Gasteiger partial charge in [0, 0.05) is 12.1 Å². The summed E-state index contributed by atoms with van der Waals surface area (Å²) < 4.78 is 0. The second-order valence-electron chi connectivity index (χ2n) is 2.96. The molecule has 0 saturated heterocycles. The van der Waals surface area contributed by atoms with Crippen LogP contribution in [0.1, 0.15) is 26.7 Å². The lowest BCUT2D eigenvalue weighted by atomic mass is 10.0. The first kappa shape index (κ1) is 10.5. The Bertz CT molecular complexity index is 116. The molecule has 66 valence electrons. The van der Waals surface area contributed by atoms with Crippen molar-refractivity contribution in [3.8, 4) is 0 Å². The highest BCUT2D eigenvalue weighted by atomic mass is 16.3. The topological polar surface area (TPSA) is 81.5 Å². The molecule has 0 heterocycles. The Kier molecular flexibility index (Phi) is 4.98. The summed E-state index contributed by atoms with van der Waals surface area (Å²) in [6.45, 7) is 3.77. The van der Waals surface area contributed by atoms with Gasteiger partial charge in [0.05, 0.1) is 0 Å². The minimum atomic E-state index is -0.277. The summed E-state index contributed by atoms with van der Waals surface area (Å²) >= 11 is 0. The van der Waals surface area contributed by atoms with Crippen molar-refractivity contribution in [2.75, 3.05) is 0 Å². The monoisotopic (exact) mass is 159 g/mol. The largest absolute Gasteiger partial charge is 0.328 e. The van der Waals surface area contributed by atoms with E-state index in [2.05, 4.69) is 5.18 Å². The molecule has 4 heteroatoms. The van der Waals surface area contributed by atoms with Crippen molar-refractivity contribution in [1.29, 1.82) is 0 Å². The third-order valence-corrected chi connectivity index (χ3v) is 1.69. The zero-order chi connectivity index (χ0) is 8.85. The van der Waals surface area contributed by atoms with Crippen LogP contribution >= 0.6 is 0 Å². The molecule has 3 atom stereocenters. The van der Waals surface area contributed by atoms with Crippen LogP contribution in [0.4, 0.5) is 0 Å². The molecule has 0 bridgehead atoms. The van der Waals surface area contributed by atoms with Gasteiger partial charge in [-0.15, -0.1) is 0 Å². The number of hydrogen-bond donors (Lipinski definition) is 2. The van der Waals surface area contributed by atoms with Gasteiger partial charge in [-0.05, 0) is 19.8 Å². The van der Waals surface area contributed by atoms with E-state index >= 15 is 0 Å². The Labute approximate surface area is 67.3 Å². The van der Waals surface area contributed by atoms with Crippen LogP contribution in [-0.2, 0) is 0 Å². The second kappa shape index (κ2) is 5.21. The zero-order valence-corrected chi connectivity index (χ0v) is 7.16. The van der Waals surface area contributed by atoms with Crippen LogP contribution in [0.3, 0.4) is 0 Å². The van der Waals surface area contributed by atoms with Gasteiger partial charge in [0.25, 0.3) is 0 Å². The van der Waals surface area contributed by atoms with Crippen molar-refractivity contribution in [3.05, 3.63) is 4.91 Å². The lowest BCUT2D eigenvalue weighted by Crippen LogP contribution is -2.37. The lowest BCUT2D eigenvalue weighted by molar-refractivity contribution is 0.454. The lowest BCUT2D eigenvalue weighted by Gasteiger charge is -2.17. The van der Waals surface area contributed by atoms with Crippen LogP contribution in [0.2, 0.25) is 0 Å². The molecule has 0 aliphatic carbocycles. The molecule has 4 N–H and O–H groups in total. The number of nitroso groups, excluding NO2 is 1. The Morgan fingerprint density at radius 2 is 2.00 bits per heavy atom. The summed E-state index contributed by atoms with van der Waals surface area (Å²) in [6, 6.07) is -0.417. The van der Waals surface area contributed by atoms with Gasteiger partial charge in [-0.1, -0.05) is 12.1 Å². The fraction of sp³-hybridized carbons (Fsp3) is 1.00. The van der Waals surface area contributed by atoms with Crippen molar-refractivity contribution < 1.29 is 0 Å². The number of nitrogens with two attached hydrogens (primary N) is 2. The van der Waals surface area contributed by atoms with E-state index < -0.39 is 0 Å².